The third-order valence-corrected chi connectivity index (χ3v) is 8.39. The molecule has 1 aliphatic rings. The van der Waals surface area contributed by atoms with Crippen molar-refractivity contribution in [3.05, 3.63) is 59.2 Å². The van der Waals surface area contributed by atoms with Crippen molar-refractivity contribution < 1.29 is 0 Å². The standard InChI is InChI=1S/C23H31N2P/c1-7-19-12-9-10-15-22(19)24-18(6)25-23-20(8-2)13-11-14-21(23)17(5)26(25)16(3)4/h9-17H,7-8H2,1-6H3/b24-18+. The average Bonchev–Trinajstić information content (AvgIpc) is 2.95. The van der Waals surface area contributed by atoms with E-state index in [0.717, 1.165) is 24.4 Å². The van der Waals surface area contributed by atoms with Crippen molar-refractivity contribution in [2.45, 2.75) is 65.7 Å². The van der Waals surface area contributed by atoms with Gasteiger partial charge in [0, 0.05) is 13.7 Å². The number of amidine groups is 1. The van der Waals surface area contributed by atoms with E-state index < -0.39 is 0 Å². The van der Waals surface area contributed by atoms with Crippen molar-refractivity contribution in [1.82, 2.24) is 0 Å². The number of hydrogen-bond donors (Lipinski definition) is 0. The summed E-state index contributed by atoms with van der Waals surface area (Å²) in [4.78, 5) is 5.11. The highest BCUT2D eigenvalue weighted by atomic mass is 31.1. The Hall–Kier alpha value is -1.66. The quantitative estimate of drug-likeness (QED) is 0.316. The number of nitrogens with zero attached hydrogens (tertiary/aromatic N) is 2. The molecule has 2 atom stereocenters. The molecule has 0 saturated carbocycles. The van der Waals surface area contributed by atoms with Crippen LogP contribution >= 0.6 is 8.07 Å². The molecule has 2 nitrogen and oxygen atoms in total. The Kier molecular flexibility index (Phi) is 5.82. The Bertz CT molecular complexity index is 810. The largest absolute Gasteiger partial charge is 0.307 e. The van der Waals surface area contributed by atoms with Crippen molar-refractivity contribution >= 4 is 25.3 Å². The van der Waals surface area contributed by atoms with E-state index >= 15 is 0 Å². The van der Waals surface area contributed by atoms with E-state index in [4.69, 9.17) is 4.99 Å². The first-order valence-corrected chi connectivity index (χ1v) is 11.3. The summed E-state index contributed by atoms with van der Waals surface area (Å²) >= 11 is 0. The third kappa shape index (κ3) is 3.32. The van der Waals surface area contributed by atoms with Gasteiger partial charge >= 0.3 is 0 Å². The number of aryl methyl sites for hydroxylation is 2. The Balaban J connectivity index is 2.14. The normalized spacial score (nSPS) is 20.0. The van der Waals surface area contributed by atoms with Gasteiger partial charge in [-0.2, -0.15) is 0 Å². The maximum absolute atomic E-state index is 5.11. The Morgan fingerprint density at radius 2 is 1.69 bits per heavy atom. The highest BCUT2D eigenvalue weighted by molar-refractivity contribution is 7.62. The van der Waals surface area contributed by atoms with E-state index in [-0.39, 0.29) is 8.07 Å². The lowest BCUT2D eigenvalue weighted by Crippen LogP contribution is -2.24. The molecule has 0 aromatic heterocycles. The van der Waals surface area contributed by atoms with E-state index in [2.05, 4.69) is 88.7 Å². The zero-order chi connectivity index (χ0) is 18.8. The van der Waals surface area contributed by atoms with Crippen LogP contribution in [0.15, 0.2) is 47.5 Å². The summed E-state index contributed by atoms with van der Waals surface area (Å²) in [6.07, 6.45) is 2.07. The highest BCUT2D eigenvalue weighted by Gasteiger charge is 2.40. The van der Waals surface area contributed by atoms with E-state index in [9.17, 15) is 0 Å². The average molecular weight is 366 g/mol. The number of para-hydroxylation sites is 2. The number of aliphatic imine (C=N–C) groups is 1. The number of anilines is 1. The van der Waals surface area contributed by atoms with Gasteiger partial charge in [-0.3, -0.25) is 0 Å². The minimum absolute atomic E-state index is 0.324. The van der Waals surface area contributed by atoms with Crippen LogP contribution in [0.1, 0.15) is 63.9 Å². The first kappa shape index (κ1) is 19.1. The molecule has 1 aliphatic heterocycles. The van der Waals surface area contributed by atoms with Gasteiger partial charge in [0.2, 0.25) is 0 Å². The summed E-state index contributed by atoms with van der Waals surface area (Å²) < 4.78 is 2.59. The molecule has 26 heavy (non-hydrogen) atoms. The molecule has 0 fully saturated rings. The lowest BCUT2D eigenvalue weighted by Gasteiger charge is -2.33. The summed E-state index contributed by atoms with van der Waals surface area (Å²) in [7, 11) is -0.324. The Labute approximate surface area is 160 Å². The van der Waals surface area contributed by atoms with E-state index in [0.29, 0.717) is 11.3 Å². The van der Waals surface area contributed by atoms with Crippen LogP contribution in [-0.4, -0.2) is 11.5 Å². The SMILES string of the molecule is CCc1ccccc1/N=C(\C)N1c2c(CC)cccc2C(C)P1C(C)C. The Morgan fingerprint density at radius 1 is 1.04 bits per heavy atom. The third-order valence-electron chi connectivity index (χ3n) is 5.31. The number of fused-ring (bicyclic) bond motifs is 1. The summed E-state index contributed by atoms with van der Waals surface area (Å²) in [5, 5.41) is 0. The van der Waals surface area contributed by atoms with E-state index in [1.165, 1.54) is 22.4 Å². The predicted molar refractivity (Wildman–Crippen MR) is 117 cm³/mol. The van der Waals surface area contributed by atoms with Gasteiger partial charge in [0.1, 0.15) is 5.84 Å². The van der Waals surface area contributed by atoms with Crippen molar-refractivity contribution in [1.29, 1.82) is 0 Å². The fourth-order valence-corrected chi connectivity index (χ4v) is 7.12. The molecule has 2 aromatic rings. The molecule has 0 saturated heterocycles. The van der Waals surface area contributed by atoms with Gasteiger partial charge in [-0.1, -0.05) is 71.0 Å². The van der Waals surface area contributed by atoms with E-state index in [1.54, 1.807) is 0 Å². The fourth-order valence-electron chi connectivity index (χ4n) is 4.07. The van der Waals surface area contributed by atoms with Crippen LogP contribution in [0.2, 0.25) is 0 Å². The van der Waals surface area contributed by atoms with Gasteiger partial charge in [0.25, 0.3) is 0 Å². The summed E-state index contributed by atoms with van der Waals surface area (Å²) in [6, 6.07) is 15.4. The van der Waals surface area contributed by atoms with Crippen LogP contribution in [-0.2, 0) is 12.8 Å². The van der Waals surface area contributed by atoms with Gasteiger partial charge in [-0.15, -0.1) is 0 Å². The van der Waals surface area contributed by atoms with Crippen molar-refractivity contribution in [2.75, 3.05) is 4.67 Å². The van der Waals surface area contributed by atoms with Crippen molar-refractivity contribution in [3.63, 3.8) is 0 Å². The molecule has 2 aromatic carbocycles. The van der Waals surface area contributed by atoms with Gasteiger partial charge in [0.15, 0.2) is 0 Å². The molecule has 138 valence electrons. The van der Waals surface area contributed by atoms with E-state index in [1.807, 2.05) is 0 Å². The smallest absolute Gasteiger partial charge is 0.109 e. The summed E-state index contributed by atoms with van der Waals surface area (Å²) in [5.41, 5.74) is 8.01. The van der Waals surface area contributed by atoms with Crippen molar-refractivity contribution in [2.24, 2.45) is 4.99 Å². The highest BCUT2D eigenvalue weighted by Crippen LogP contribution is 2.66. The molecule has 0 radical (unpaired) electrons. The second kappa shape index (κ2) is 7.92. The van der Waals surface area contributed by atoms with Crippen LogP contribution in [0.4, 0.5) is 11.4 Å². The van der Waals surface area contributed by atoms with Gasteiger partial charge in [-0.05, 0) is 48.2 Å². The number of benzene rings is 2. The van der Waals surface area contributed by atoms with Crippen molar-refractivity contribution in [3.8, 4) is 0 Å². The molecule has 2 unspecified atom stereocenters. The summed E-state index contributed by atoms with van der Waals surface area (Å²) in [6.45, 7) is 13.8. The Morgan fingerprint density at radius 3 is 2.35 bits per heavy atom. The second-order valence-electron chi connectivity index (χ2n) is 7.31. The predicted octanol–water partition coefficient (Wildman–Crippen LogP) is 7.25. The zero-order valence-corrected chi connectivity index (χ0v) is 17.8. The van der Waals surface area contributed by atoms with Gasteiger partial charge < -0.3 is 4.67 Å². The topological polar surface area (TPSA) is 15.6 Å². The van der Waals surface area contributed by atoms with Crippen LogP contribution in [0, 0.1) is 0 Å². The molecule has 1 heterocycles. The number of hydrogen-bond acceptors (Lipinski definition) is 1. The maximum atomic E-state index is 5.11. The molecule has 0 bridgehead atoms. The lowest BCUT2D eigenvalue weighted by molar-refractivity contribution is 1.02. The molecule has 0 N–H and O–H groups in total. The second-order valence-corrected chi connectivity index (χ2v) is 10.3. The van der Waals surface area contributed by atoms with Crippen LogP contribution in [0.3, 0.4) is 0 Å². The molecular formula is C23H31N2P. The first-order chi connectivity index (χ1) is 12.5. The first-order valence-electron chi connectivity index (χ1n) is 9.82. The minimum atomic E-state index is -0.324. The minimum Gasteiger partial charge on any atom is -0.307 e. The van der Waals surface area contributed by atoms with Crippen LogP contribution < -0.4 is 4.67 Å². The molecule has 0 amide bonds. The monoisotopic (exact) mass is 366 g/mol. The molecule has 0 spiro atoms. The molecule has 0 aliphatic carbocycles. The molecule has 3 heteroatoms. The summed E-state index contributed by atoms with van der Waals surface area (Å²) in [5.74, 6) is 1.14. The van der Waals surface area contributed by atoms with Gasteiger partial charge in [-0.25, -0.2) is 4.99 Å². The molecule has 3 rings (SSSR count). The van der Waals surface area contributed by atoms with Crippen LogP contribution in [0.25, 0.3) is 0 Å². The zero-order valence-electron chi connectivity index (χ0n) is 17.0. The lowest BCUT2D eigenvalue weighted by atomic mass is 10.0. The molecular weight excluding hydrogens is 335 g/mol. The maximum Gasteiger partial charge on any atom is 0.109 e. The fraction of sp³-hybridized carbons (Fsp3) is 0.435. The van der Waals surface area contributed by atoms with Crippen LogP contribution in [0.5, 0.6) is 0 Å². The van der Waals surface area contributed by atoms with Gasteiger partial charge in [0.05, 0.1) is 11.4 Å². The number of rotatable bonds is 4.